The summed E-state index contributed by atoms with van der Waals surface area (Å²) in [5.74, 6) is 1.41. The van der Waals surface area contributed by atoms with Gasteiger partial charge in [-0.3, -0.25) is 4.90 Å². The Kier molecular flexibility index (Phi) is 6.61. The van der Waals surface area contributed by atoms with Crippen LogP contribution < -0.4 is 5.32 Å². The Labute approximate surface area is 113 Å². The Balaban J connectivity index is 2.35. The van der Waals surface area contributed by atoms with E-state index in [4.69, 9.17) is 4.74 Å². The molecular weight excluding hydrogens is 224 g/mol. The quantitative estimate of drug-likeness (QED) is 0.789. The van der Waals surface area contributed by atoms with E-state index < -0.39 is 0 Å². The molecule has 1 aliphatic rings. The predicted molar refractivity (Wildman–Crippen MR) is 77.9 cm³/mol. The molecule has 0 radical (unpaired) electrons. The summed E-state index contributed by atoms with van der Waals surface area (Å²) in [6.45, 7) is 17.9. The van der Waals surface area contributed by atoms with Crippen LogP contribution in [0.4, 0.5) is 0 Å². The highest BCUT2D eigenvalue weighted by molar-refractivity contribution is 4.81. The largest absolute Gasteiger partial charge is 0.373 e. The summed E-state index contributed by atoms with van der Waals surface area (Å²) in [4.78, 5) is 2.58. The zero-order valence-corrected chi connectivity index (χ0v) is 13.1. The molecule has 1 rings (SSSR count). The predicted octanol–water partition coefficient (Wildman–Crippen LogP) is 2.37. The lowest BCUT2D eigenvalue weighted by molar-refractivity contribution is -0.0837. The van der Waals surface area contributed by atoms with Crippen molar-refractivity contribution < 1.29 is 4.74 Å². The number of hydrogen-bond donors (Lipinski definition) is 1. The highest BCUT2D eigenvalue weighted by Gasteiger charge is 2.28. The molecule has 0 amide bonds. The number of morpholine rings is 1. The molecular formula is C15H32N2O. The second kappa shape index (κ2) is 7.46. The SMILES string of the molecule is CC(C)CNCC(C)C(C)N1C[C@@H](C)O[C@@H](C)C1. The normalized spacial score (nSPS) is 29.5. The van der Waals surface area contributed by atoms with E-state index in [1.165, 1.54) is 0 Å². The first kappa shape index (κ1) is 15.9. The van der Waals surface area contributed by atoms with Gasteiger partial charge >= 0.3 is 0 Å². The van der Waals surface area contributed by atoms with E-state index in [0.29, 0.717) is 24.2 Å². The minimum absolute atomic E-state index is 0.368. The van der Waals surface area contributed by atoms with Gasteiger partial charge in [0.05, 0.1) is 12.2 Å². The first-order valence-electron chi connectivity index (χ1n) is 7.50. The Morgan fingerprint density at radius 3 is 2.11 bits per heavy atom. The van der Waals surface area contributed by atoms with E-state index in [1.807, 2.05) is 0 Å². The standard InChI is InChI=1S/C15H32N2O/c1-11(2)7-16-8-12(3)15(6)17-9-13(4)18-14(5)10-17/h11-16H,7-10H2,1-6H3/t12?,13-,14+,15?. The van der Waals surface area contributed by atoms with Crippen molar-refractivity contribution in [3.8, 4) is 0 Å². The molecule has 1 N–H and O–H groups in total. The molecule has 18 heavy (non-hydrogen) atoms. The minimum atomic E-state index is 0.368. The summed E-state index contributed by atoms with van der Waals surface area (Å²) in [7, 11) is 0. The van der Waals surface area contributed by atoms with Crippen LogP contribution in [0.15, 0.2) is 0 Å². The molecule has 0 aromatic carbocycles. The summed E-state index contributed by atoms with van der Waals surface area (Å²) in [6.07, 6.45) is 0.735. The maximum atomic E-state index is 5.80. The summed E-state index contributed by atoms with van der Waals surface area (Å²) < 4.78 is 5.80. The van der Waals surface area contributed by atoms with Crippen LogP contribution in [0.3, 0.4) is 0 Å². The number of nitrogens with one attached hydrogen (secondary N) is 1. The molecule has 0 saturated carbocycles. The van der Waals surface area contributed by atoms with Gasteiger partial charge in [-0.2, -0.15) is 0 Å². The number of ether oxygens (including phenoxy) is 1. The molecule has 1 aliphatic heterocycles. The van der Waals surface area contributed by atoms with Crippen LogP contribution in [0.25, 0.3) is 0 Å². The van der Waals surface area contributed by atoms with Gasteiger partial charge in [-0.1, -0.05) is 20.8 Å². The second-order valence-corrected chi connectivity index (χ2v) is 6.48. The average molecular weight is 256 g/mol. The van der Waals surface area contributed by atoms with E-state index in [9.17, 15) is 0 Å². The summed E-state index contributed by atoms with van der Waals surface area (Å²) in [6, 6.07) is 0.624. The fraction of sp³-hybridized carbons (Fsp3) is 1.00. The van der Waals surface area contributed by atoms with Gasteiger partial charge in [-0.25, -0.2) is 0 Å². The number of hydrogen-bond acceptors (Lipinski definition) is 3. The van der Waals surface area contributed by atoms with Crippen molar-refractivity contribution in [2.45, 2.75) is 59.8 Å². The lowest BCUT2D eigenvalue weighted by atomic mass is 10.00. The maximum absolute atomic E-state index is 5.80. The molecule has 0 aliphatic carbocycles. The van der Waals surface area contributed by atoms with Crippen molar-refractivity contribution in [1.82, 2.24) is 10.2 Å². The van der Waals surface area contributed by atoms with Gasteiger partial charge < -0.3 is 10.1 Å². The summed E-state index contributed by atoms with van der Waals surface area (Å²) >= 11 is 0. The zero-order valence-electron chi connectivity index (χ0n) is 13.1. The highest BCUT2D eigenvalue weighted by atomic mass is 16.5. The molecule has 2 unspecified atom stereocenters. The first-order chi connectivity index (χ1) is 8.40. The maximum Gasteiger partial charge on any atom is 0.0678 e. The monoisotopic (exact) mass is 256 g/mol. The van der Waals surface area contributed by atoms with Gasteiger partial charge in [-0.15, -0.1) is 0 Å². The highest BCUT2D eigenvalue weighted by Crippen LogP contribution is 2.17. The molecule has 108 valence electrons. The van der Waals surface area contributed by atoms with E-state index in [0.717, 1.165) is 32.1 Å². The molecule has 0 aromatic heterocycles. The average Bonchev–Trinajstić information content (AvgIpc) is 2.26. The molecule has 4 atom stereocenters. The molecule has 1 fully saturated rings. The molecule has 0 aromatic rings. The van der Waals surface area contributed by atoms with Crippen LogP contribution in [0.1, 0.15) is 41.5 Å². The van der Waals surface area contributed by atoms with Crippen molar-refractivity contribution in [1.29, 1.82) is 0 Å². The van der Waals surface area contributed by atoms with Crippen LogP contribution in [-0.2, 0) is 4.74 Å². The molecule has 0 spiro atoms. The van der Waals surface area contributed by atoms with Gasteiger partial charge in [0, 0.05) is 19.1 Å². The van der Waals surface area contributed by atoms with Crippen LogP contribution in [0.2, 0.25) is 0 Å². The molecule has 3 heteroatoms. The third kappa shape index (κ3) is 5.25. The summed E-state index contributed by atoms with van der Waals surface area (Å²) in [5.41, 5.74) is 0. The number of nitrogens with zero attached hydrogens (tertiary/aromatic N) is 1. The van der Waals surface area contributed by atoms with Gasteiger partial charge in [-0.05, 0) is 45.7 Å². The zero-order chi connectivity index (χ0) is 13.7. The van der Waals surface area contributed by atoms with Gasteiger partial charge in [0.15, 0.2) is 0 Å². The first-order valence-corrected chi connectivity index (χ1v) is 7.50. The number of rotatable bonds is 6. The van der Waals surface area contributed by atoms with Crippen molar-refractivity contribution in [3.05, 3.63) is 0 Å². The Hall–Kier alpha value is -0.120. The van der Waals surface area contributed by atoms with E-state index in [-0.39, 0.29) is 0 Å². The van der Waals surface area contributed by atoms with Crippen LogP contribution >= 0.6 is 0 Å². The third-order valence-corrected chi connectivity index (χ3v) is 3.87. The van der Waals surface area contributed by atoms with Crippen LogP contribution in [0.5, 0.6) is 0 Å². The van der Waals surface area contributed by atoms with Gasteiger partial charge in [0.25, 0.3) is 0 Å². The smallest absolute Gasteiger partial charge is 0.0678 e. The van der Waals surface area contributed by atoms with Gasteiger partial charge in [0.2, 0.25) is 0 Å². The fourth-order valence-corrected chi connectivity index (χ4v) is 2.68. The fourth-order valence-electron chi connectivity index (χ4n) is 2.68. The van der Waals surface area contributed by atoms with Crippen molar-refractivity contribution >= 4 is 0 Å². The second-order valence-electron chi connectivity index (χ2n) is 6.48. The molecule has 1 heterocycles. The van der Waals surface area contributed by atoms with Crippen LogP contribution in [-0.4, -0.2) is 49.3 Å². The summed E-state index contributed by atoms with van der Waals surface area (Å²) in [5, 5.41) is 3.57. The topological polar surface area (TPSA) is 24.5 Å². The van der Waals surface area contributed by atoms with E-state index in [1.54, 1.807) is 0 Å². The van der Waals surface area contributed by atoms with E-state index in [2.05, 4.69) is 51.8 Å². The minimum Gasteiger partial charge on any atom is -0.373 e. The Morgan fingerprint density at radius 2 is 1.61 bits per heavy atom. The Bertz CT molecular complexity index is 223. The van der Waals surface area contributed by atoms with E-state index >= 15 is 0 Å². The molecule has 0 bridgehead atoms. The van der Waals surface area contributed by atoms with Crippen LogP contribution in [0, 0.1) is 11.8 Å². The third-order valence-electron chi connectivity index (χ3n) is 3.87. The van der Waals surface area contributed by atoms with Crippen molar-refractivity contribution in [3.63, 3.8) is 0 Å². The lowest BCUT2D eigenvalue weighted by Gasteiger charge is -2.41. The lowest BCUT2D eigenvalue weighted by Crippen LogP contribution is -2.52. The molecule has 1 saturated heterocycles. The van der Waals surface area contributed by atoms with Crippen molar-refractivity contribution in [2.75, 3.05) is 26.2 Å². The Morgan fingerprint density at radius 1 is 1.06 bits per heavy atom. The van der Waals surface area contributed by atoms with Crippen molar-refractivity contribution in [2.24, 2.45) is 11.8 Å². The van der Waals surface area contributed by atoms with Gasteiger partial charge in [0.1, 0.15) is 0 Å². The molecule has 3 nitrogen and oxygen atoms in total.